The summed E-state index contributed by atoms with van der Waals surface area (Å²) in [6.45, 7) is 11.2. The predicted octanol–water partition coefficient (Wildman–Crippen LogP) is 1.45. The molecule has 94 valence electrons. The molecule has 0 aromatic rings. The second kappa shape index (κ2) is 5.15. The van der Waals surface area contributed by atoms with Gasteiger partial charge in [-0.15, -0.1) is 0 Å². The third-order valence-electron chi connectivity index (χ3n) is 3.60. The molecule has 1 aliphatic rings. The molecular formula is C12H23NO3. The Hall–Kier alpha value is -0.610. The van der Waals surface area contributed by atoms with Crippen LogP contribution >= 0.6 is 0 Å². The monoisotopic (exact) mass is 229 g/mol. The quantitative estimate of drug-likeness (QED) is 0.775. The minimum atomic E-state index is -0.743. The third kappa shape index (κ3) is 2.95. The van der Waals surface area contributed by atoms with E-state index in [4.69, 9.17) is 9.84 Å². The number of nitrogens with zero attached hydrogens (tertiary/aromatic N) is 1. The standard InChI is InChI=1S/C12H23NO3/c1-5-16-7-10-6-13(8-12(10,3)4)9(2)11(14)15/h9-10H,5-8H2,1-4H3,(H,14,15)/t9-,10+/m1/s1. The van der Waals surface area contributed by atoms with E-state index in [-0.39, 0.29) is 5.41 Å². The van der Waals surface area contributed by atoms with Gasteiger partial charge in [0.05, 0.1) is 6.61 Å². The molecular weight excluding hydrogens is 206 g/mol. The lowest BCUT2D eigenvalue weighted by Crippen LogP contribution is -2.38. The summed E-state index contributed by atoms with van der Waals surface area (Å²) in [6.07, 6.45) is 0. The molecule has 0 amide bonds. The molecule has 16 heavy (non-hydrogen) atoms. The molecule has 1 rings (SSSR count). The Bertz CT molecular complexity index is 253. The Morgan fingerprint density at radius 2 is 2.25 bits per heavy atom. The number of rotatable bonds is 5. The highest BCUT2D eigenvalue weighted by Crippen LogP contribution is 2.36. The van der Waals surface area contributed by atoms with E-state index < -0.39 is 12.0 Å². The summed E-state index contributed by atoms with van der Waals surface area (Å²) < 4.78 is 5.47. The van der Waals surface area contributed by atoms with Gasteiger partial charge in [0.1, 0.15) is 6.04 Å². The maximum Gasteiger partial charge on any atom is 0.320 e. The van der Waals surface area contributed by atoms with Crippen molar-refractivity contribution in [3.8, 4) is 0 Å². The van der Waals surface area contributed by atoms with Crippen LogP contribution in [0, 0.1) is 11.3 Å². The van der Waals surface area contributed by atoms with Crippen LogP contribution in [-0.2, 0) is 9.53 Å². The smallest absolute Gasteiger partial charge is 0.320 e. The van der Waals surface area contributed by atoms with E-state index in [1.807, 2.05) is 11.8 Å². The van der Waals surface area contributed by atoms with Gasteiger partial charge in [-0.2, -0.15) is 0 Å². The molecule has 0 unspecified atom stereocenters. The first-order valence-electron chi connectivity index (χ1n) is 5.93. The van der Waals surface area contributed by atoms with Gasteiger partial charge in [0, 0.05) is 25.6 Å². The second-order valence-corrected chi connectivity index (χ2v) is 5.29. The van der Waals surface area contributed by atoms with Crippen LogP contribution in [0.2, 0.25) is 0 Å². The summed E-state index contributed by atoms with van der Waals surface area (Å²) in [7, 11) is 0. The summed E-state index contributed by atoms with van der Waals surface area (Å²) >= 11 is 0. The zero-order chi connectivity index (χ0) is 12.3. The fourth-order valence-corrected chi connectivity index (χ4v) is 2.24. The van der Waals surface area contributed by atoms with Crippen molar-refractivity contribution in [2.24, 2.45) is 11.3 Å². The van der Waals surface area contributed by atoms with Crippen LogP contribution in [0.1, 0.15) is 27.7 Å². The molecule has 1 N–H and O–H groups in total. The number of carboxylic acids is 1. The lowest BCUT2D eigenvalue weighted by molar-refractivity contribution is -0.142. The summed E-state index contributed by atoms with van der Waals surface area (Å²) in [4.78, 5) is 13.0. The van der Waals surface area contributed by atoms with Crippen LogP contribution in [0.3, 0.4) is 0 Å². The van der Waals surface area contributed by atoms with E-state index in [2.05, 4.69) is 13.8 Å². The van der Waals surface area contributed by atoms with Crippen LogP contribution in [-0.4, -0.2) is 48.3 Å². The van der Waals surface area contributed by atoms with Crippen LogP contribution in [0.5, 0.6) is 0 Å². The molecule has 1 aliphatic heterocycles. The fourth-order valence-electron chi connectivity index (χ4n) is 2.24. The summed E-state index contributed by atoms with van der Waals surface area (Å²) in [5, 5.41) is 9.00. The molecule has 0 spiro atoms. The minimum Gasteiger partial charge on any atom is -0.480 e. The molecule has 0 aromatic heterocycles. The Morgan fingerprint density at radius 1 is 1.62 bits per heavy atom. The maximum absolute atomic E-state index is 10.9. The molecule has 4 nitrogen and oxygen atoms in total. The van der Waals surface area contributed by atoms with E-state index >= 15 is 0 Å². The lowest BCUT2D eigenvalue weighted by atomic mass is 9.83. The summed E-state index contributed by atoms with van der Waals surface area (Å²) in [5.41, 5.74) is 0.138. The Balaban J connectivity index is 2.60. The predicted molar refractivity (Wildman–Crippen MR) is 62.4 cm³/mol. The van der Waals surface area contributed by atoms with E-state index in [0.29, 0.717) is 5.92 Å². The average molecular weight is 229 g/mol. The van der Waals surface area contributed by atoms with Crippen LogP contribution < -0.4 is 0 Å². The average Bonchev–Trinajstić information content (AvgIpc) is 2.49. The largest absolute Gasteiger partial charge is 0.480 e. The molecule has 1 fully saturated rings. The van der Waals surface area contributed by atoms with Gasteiger partial charge in [-0.1, -0.05) is 13.8 Å². The zero-order valence-corrected chi connectivity index (χ0v) is 10.7. The fraction of sp³-hybridized carbons (Fsp3) is 0.917. The van der Waals surface area contributed by atoms with Gasteiger partial charge in [0.25, 0.3) is 0 Å². The van der Waals surface area contributed by atoms with E-state index in [9.17, 15) is 4.79 Å². The third-order valence-corrected chi connectivity index (χ3v) is 3.60. The molecule has 0 bridgehead atoms. The van der Waals surface area contributed by atoms with Gasteiger partial charge in [-0.05, 0) is 19.3 Å². The lowest BCUT2D eigenvalue weighted by Gasteiger charge is -2.25. The van der Waals surface area contributed by atoms with Crippen LogP contribution in [0.15, 0.2) is 0 Å². The Morgan fingerprint density at radius 3 is 2.75 bits per heavy atom. The van der Waals surface area contributed by atoms with Crippen molar-refractivity contribution in [2.45, 2.75) is 33.7 Å². The molecule has 0 radical (unpaired) electrons. The number of ether oxygens (including phenoxy) is 1. The topological polar surface area (TPSA) is 49.8 Å². The molecule has 2 atom stereocenters. The highest BCUT2D eigenvalue weighted by Gasteiger charge is 2.42. The molecule has 0 aromatic carbocycles. The van der Waals surface area contributed by atoms with Crippen molar-refractivity contribution in [3.05, 3.63) is 0 Å². The number of carboxylic acid groups (broad SMARTS) is 1. The Labute approximate surface area is 97.6 Å². The highest BCUT2D eigenvalue weighted by atomic mass is 16.5. The van der Waals surface area contributed by atoms with Crippen molar-refractivity contribution < 1.29 is 14.6 Å². The molecule has 1 heterocycles. The van der Waals surface area contributed by atoms with Crippen molar-refractivity contribution in [2.75, 3.05) is 26.3 Å². The highest BCUT2D eigenvalue weighted by molar-refractivity contribution is 5.72. The first-order valence-corrected chi connectivity index (χ1v) is 5.93. The maximum atomic E-state index is 10.9. The minimum absolute atomic E-state index is 0.138. The van der Waals surface area contributed by atoms with Gasteiger partial charge in [0.2, 0.25) is 0 Å². The van der Waals surface area contributed by atoms with Gasteiger partial charge >= 0.3 is 5.97 Å². The summed E-state index contributed by atoms with van der Waals surface area (Å²) in [5.74, 6) is -0.317. The van der Waals surface area contributed by atoms with E-state index in [0.717, 1.165) is 26.3 Å². The van der Waals surface area contributed by atoms with Crippen molar-refractivity contribution in [3.63, 3.8) is 0 Å². The number of hydrogen-bond donors (Lipinski definition) is 1. The van der Waals surface area contributed by atoms with Gasteiger partial charge in [-0.3, -0.25) is 9.69 Å². The van der Waals surface area contributed by atoms with Gasteiger partial charge in [-0.25, -0.2) is 0 Å². The SMILES string of the molecule is CCOC[C@@H]1CN([C@H](C)C(=O)O)CC1(C)C. The number of likely N-dealkylation sites (tertiary alicyclic amines) is 1. The van der Waals surface area contributed by atoms with E-state index in [1.165, 1.54) is 0 Å². The molecule has 0 saturated carbocycles. The zero-order valence-electron chi connectivity index (χ0n) is 10.7. The van der Waals surface area contributed by atoms with Crippen LogP contribution in [0.25, 0.3) is 0 Å². The second-order valence-electron chi connectivity index (χ2n) is 5.29. The number of aliphatic carboxylic acids is 1. The van der Waals surface area contributed by atoms with Crippen molar-refractivity contribution in [1.82, 2.24) is 4.90 Å². The summed E-state index contributed by atoms with van der Waals surface area (Å²) in [6, 6.07) is -0.397. The van der Waals surface area contributed by atoms with Crippen molar-refractivity contribution in [1.29, 1.82) is 0 Å². The van der Waals surface area contributed by atoms with Crippen molar-refractivity contribution >= 4 is 5.97 Å². The Kier molecular flexibility index (Phi) is 4.33. The first kappa shape index (κ1) is 13.5. The molecule has 0 aliphatic carbocycles. The molecule has 4 heteroatoms. The van der Waals surface area contributed by atoms with Gasteiger partial charge < -0.3 is 9.84 Å². The number of hydrogen-bond acceptors (Lipinski definition) is 3. The normalized spacial score (nSPS) is 26.9. The first-order chi connectivity index (χ1) is 7.38. The molecule has 1 saturated heterocycles. The van der Waals surface area contributed by atoms with Gasteiger partial charge in [0.15, 0.2) is 0 Å². The van der Waals surface area contributed by atoms with Crippen LogP contribution in [0.4, 0.5) is 0 Å². The number of carbonyl (C=O) groups is 1. The van der Waals surface area contributed by atoms with E-state index in [1.54, 1.807) is 6.92 Å².